The number of rotatable bonds is 3. The lowest BCUT2D eigenvalue weighted by atomic mass is 10.2. The predicted molar refractivity (Wildman–Crippen MR) is 58.3 cm³/mol. The predicted octanol–water partition coefficient (Wildman–Crippen LogP) is 0.951. The van der Waals surface area contributed by atoms with E-state index in [2.05, 4.69) is 4.98 Å². The van der Waals surface area contributed by atoms with Crippen LogP contribution in [0.5, 0.6) is 0 Å². The molecule has 1 aromatic heterocycles. The molecule has 0 aromatic carbocycles. The van der Waals surface area contributed by atoms with Gasteiger partial charge in [-0.25, -0.2) is 0 Å². The van der Waals surface area contributed by atoms with Crippen LogP contribution in [-0.2, 0) is 0 Å². The smallest absolute Gasteiger partial charge is 0.363 e. The fourth-order valence-corrected chi connectivity index (χ4v) is 2.02. The van der Waals surface area contributed by atoms with Crippen LogP contribution in [0.3, 0.4) is 0 Å². The second-order valence-corrected chi connectivity index (χ2v) is 3.80. The van der Waals surface area contributed by atoms with E-state index in [1.165, 1.54) is 12.3 Å². The number of anilines is 1. The quantitative estimate of drug-likeness (QED) is 0.609. The van der Waals surface area contributed by atoms with Crippen molar-refractivity contribution in [1.29, 1.82) is 0 Å². The number of pyridine rings is 1. The number of nitrogens with zero attached hydrogens (tertiary/aromatic N) is 3. The standard InChI is InChI=1S/C10H13N3O3/c14-7-9-2-1-5-12(9)8-3-4-10(11-6-8)13(15)16/h3-4,6,9,14H,1-2,5,7H2/t9-/m1/s1. The number of hydrogen-bond donors (Lipinski definition) is 1. The molecule has 2 heterocycles. The largest absolute Gasteiger partial charge is 0.394 e. The number of nitro groups is 1. The maximum Gasteiger partial charge on any atom is 0.363 e. The van der Waals surface area contributed by atoms with Crippen molar-refractivity contribution in [1.82, 2.24) is 4.98 Å². The summed E-state index contributed by atoms with van der Waals surface area (Å²) in [5.74, 6) is -0.150. The molecule has 16 heavy (non-hydrogen) atoms. The molecule has 86 valence electrons. The summed E-state index contributed by atoms with van der Waals surface area (Å²) in [7, 11) is 0. The fourth-order valence-electron chi connectivity index (χ4n) is 2.02. The summed E-state index contributed by atoms with van der Waals surface area (Å²) in [6.45, 7) is 0.974. The topological polar surface area (TPSA) is 79.5 Å². The maximum atomic E-state index is 10.4. The molecule has 2 rings (SSSR count). The van der Waals surface area contributed by atoms with E-state index in [9.17, 15) is 15.2 Å². The molecule has 1 aromatic rings. The molecular formula is C10H13N3O3. The minimum absolute atomic E-state index is 0.108. The zero-order valence-electron chi connectivity index (χ0n) is 8.74. The van der Waals surface area contributed by atoms with Gasteiger partial charge in [-0.3, -0.25) is 0 Å². The van der Waals surface area contributed by atoms with Crippen LogP contribution >= 0.6 is 0 Å². The van der Waals surface area contributed by atoms with Crippen LogP contribution in [0.15, 0.2) is 18.3 Å². The summed E-state index contributed by atoms with van der Waals surface area (Å²) in [4.78, 5) is 15.7. The molecule has 0 radical (unpaired) electrons. The average Bonchev–Trinajstić information content (AvgIpc) is 2.77. The van der Waals surface area contributed by atoms with Crippen molar-refractivity contribution in [3.8, 4) is 0 Å². The van der Waals surface area contributed by atoms with Gasteiger partial charge < -0.3 is 20.1 Å². The molecule has 1 N–H and O–H groups in total. The average molecular weight is 223 g/mol. The molecule has 6 nitrogen and oxygen atoms in total. The third-order valence-electron chi connectivity index (χ3n) is 2.84. The maximum absolute atomic E-state index is 10.4. The molecule has 0 saturated carbocycles. The molecule has 0 amide bonds. The molecular weight excluding hydrogens is 210 g/mol. The second-order valence-electron chi connectivity index (χ2n) is 3.80. The Morgan fingerprint density at radius 1 is 1.62 bits per heavy atom. The summed E-state index contributed by atoms with van der Waals surface area (Å²) < 4.78 is 0. The van der Waals surface area contributed by atoms with Crippen LogP contribution in [0.4, 0.5) is 11.5 Å². The third kappa shape index (κ3) is 1.96. The van der Waals surface area contributed by atoms with Gasteiger partial charge >= 0.3 is 5.82 Å². The summed E-state index contributed by atoms with van der Waals surface area (Å²) in [5, 5.41) is 19.6. The Morgan fingerprint density at radius 2 is 2.44 bits per heavy atom. The van der Waals surface area contributed by atoms with Crippen LogP contribution in [0.1, 0.15) is 12.8 Å². The van der Waals surface area contributed by atoms with E-state index in [0.717, 1.165) is 25.1 Å². The van der Waals surface area contributed by atoms with Gasteiger partial charge in [0.05, 0.1) is 18.3 Å². The van der Waals surface area contributed by atoms with Crippen molar-refractivity contribution in [2.24, 2.45) is 0 Å². The fraction of sp³-hybridized carbons (Fsp3) is 0.500. The molecule has 0 aliphatic carbocycles. The lowest BCUT2D eigenvalue weighted by Gasteiger charge is -2.23. The molecule has 1 aliphatic rings. The first-order chi connectivity index (χ1) is 7.72. The van der Waals surface area contributed by atoms with Crippen molar-refractivity contribution in [3.63, 3.8) is 0 Å². The van der Waals surface area contributed by atoms with Crippen LogP contribution in [0.25, 0.3) is 0 Å². The summed E-state index contributed by atoms with van der Waals surface area (Å²) in [6.07, 6.45) is 3.47. The first-order valence-electron chi connectivity index (χ1n) is 5.20. The normalized spacial score (nSPS) is 20.1. The van der Waals surface area contributed by atoms with E-state index < -0.39 is 4.92 Å². The summed E-state index contributed by atoms with van der Waals surface area (Å²) in [5.41, 5.74) is 0.835. The van der Waals surface area contributed by atoms with Gasteiger partial charge in [-0.2, -0.15) is 0 Å². The van der Waals surface area contributed by atoms with Crippen molar-refractivity contribution >= 4 is 11.5 Å². The van der Waals surface area contributed by atoms with E-state index in [1.54, 1.807) is 6.07 Å². The molecule has 0 unspecified atom stereocenters. The summed E-state index contributed by atoms with van der Waals surface area (Å²) in [6, 6.07) is 3.18. The van der Waals surface area contributed by atoms with Gasteiger partial charge in [0.1, 0.15) is 0 Å². The zero-order chi connectivity index (χ0) is 11.5. The molecule has 6 heteroatoms. The molecule has 0 bridgehead atoms. The number of aromatic nitrogens is 1. The minimum atomic E-state index is -0.517. The highest BCUT2D eigenvalue weighted by atomic mass is 16.6. The van der Waals surface area contributed by atoms with Crippen LogP contribution < -0.4 is 4.90 Å². The van der Waals surface area contributed by atoms with E-state index >= 15 is 0 Å². The SMILES string of the molecule is O=[N+]([O-])c1ccc(N2CCC[C@@H]2CO)cn1. The van der Waals surface area contributed by atoms with E-state index in [1.807, 2.05) is 4.90 Å². The second kappa shape index (κ2) is 4.44. The van der Waals surface area contributed by atoms with Gasteiger partial charge in [-0.05, 0) is 28.8 Å². The van der Waals surface area contributed by atoms with Gasteiger partial charge in [0, 0.05) is 12.6 Å². The Bertz CT molecular complexity index is 379. The molecule has 1 atom stereocenters. The molecule has 1 aliphatic heterocycles. The van der Waals surface area contributed by atoms with Gasteiger partial charge in [0.15, 0.2) is 6.20 Å². The monoisotopic (exact) mass is 223 g/mol. The Morgan fingerprint density at radius 3 is 3.00 bits per heavy atom. The van der Waals surface area contributed by atoms with Crippen molar-refractivity contribution < 1.29 is 10.0 Å². The number of aliphatic hydroxyl groups excluding tert-OH is 1. The van der Waals surface area contributed by atoms with E-state index in [4.69, 9.17) is 0 Å². The lowest BCUT2D eigenvalue weighted by Crippen LogP contribution is -2.32. The van der Waals surface area contributed by atoms with Crippen LogP contribution in [0, 0.1) is 10.1 Å². The first-order valence-corrected chi connectivity index (χ1v) is 5.20. The summed E-state index contributed by atoms with van der Waals surface area (Å²) >= 11 is 0. The van der Waals surface area contributed by atoms with Crippen molar-refractivity contribution in [2.45, 2.75) is 18.9 Å². The van der Waals surface area contributed by atoms with Gasteiger partial charge in [0.25, 0.3) is 0 Å². The Hall–Kier alpha value is -1.69. The van der Waals surface area contributed by atoms with Crippen molar-refractivity contribution in [3.05, 3.63) is 28.4 Å². The highest BCUT2D eigenvalue weighted by Crippen LogP contribution is 2.25. The number of aliphatic hydroxyl groups is 1. The minimum Gasteiger partial charge on any atom is -0.394 e. The van der Waals surface area contributed by atoms with Crippen LogP contribution in [-0.4, -0.2) is 34.2 Å². The Balaban J connectivity index is 2.18. The zero-order valence-corrected chi connectivity index (χ0v) is 8.74. The first kappa shape index (κ1) is 10.8. The van der Waals surface area contributed by atoms with Crippen LogP contribution in [0.2, 0.25) is 0 Å². The number of hydrogen-bond acceptors (Lipinski definition) is 5. The molecule has 0 spiro atoms. The highest BCUT2D eigenvalue weighted by Gasteiger charge is 2.25. The Kier molecular flexibility index (Phi) is 3.00. The van der Waals surface area contributed by atoms with Crippen molar-refractivity contribution in [2.75, 3.05) is 18.1 Å². The Labute approximate surface area is 92.7 Å². The van der Waals surface area contributed by atoms with Gasteiger partial charge in [-0.1, -0.05) is 0 Å². The third-order valence-corrected chi connectivity index (χ3v) is 2.84. The van der Waals surface area contributed by atoms with E-state index in [-0.39, 0.29) is 18.5 Å². The molecule has 1 fully saturated rings. The lowest BCUT2D eigenvalue weighted by molar-refractivity contribution is -0.389. The van der Waals surface area contributed by atoms with E-state index in [0.29, 0.717) is 0 Å². The highest BCUT2D eigenvalue weighted by molar-refractivity contribution is 5.48. The molecule has 1 saturated heterocycles. The van der Waals surface area contributed by atoms with Gasteiger partial charge in [0.2, 0.25) is 0 Å². The van der Waals surface area contributed by atoms with Gasteiger partial charge in [-0.15, -0.1) is 0 Å².